The van der Waals surface area contributed by atoms with E-state index in [9.17, 15) is 0 Å². The summed E-state index contributed by atoms with van der Waals surface area (Å²) in [6.45, 7) is 2.02. The SMILES string of the molecule is c1ccc(OCCNc2ccc3cc(NCc4cccnc4)ccc3n2)cc1. The summed E-state index contributed by atoms with van der Waals surface area (Å²) in [5, 5.41) is 7.83. The third kappa shape index (κ3) is 4.76. The van der Waals surface area contributed by atoms with E-state index in [2.05, 4.69) is 38.8 Å². The molecule has 0 spiro atoms. The molecule has 4 rings (SSSR count). The number of benzene rings is 2. The van der Waals surface area contributed by atoms with Crippen LogP contribution < -0.4 is 15.4 Å². The molecular weight excluding hydrogens is 348 g/mol. The van der Waals surface area contributed by atoms with Crippen molar-refractivity contribution in [3.8, 4) is 5.75 Å². The molecule has 2 N–H and O–H groups in total. The highest BCUT2D eigenvalue weighted by Crippen LogP contribution is 2.20. The molecule has 5 nitrogen and oxygen atoms in total. The van der Waals surface area contributed by atoms with E-state index in [0.717, 1.165) is 40.3 Å². The minimum Gasteiger partial charge on any atom is -0.492 e. The number of pyridine rings is 2. The molecule has 0 aliphatic carbocycles. The van der Waals surface area contributed by atoms with Crippen LogP contribution in [0.15, 0.2) is 85.2 Å². The lowest BCUT2D eigenvalue weighted by Crippen LogP contribution is -2.12. The minimum atomic E-state index is 0.584. The Morgan fingerprint density at radius 2 is 1.79 bits per heavy atom. The van der Waals surface area contributed by atoms with Gasteiger partial charge in [-0.1, -0.05) is 24.3 Å². The highest BCUT2D eigenvalue weighted by molar-refractivity contribution is 5.83. The van der Waals surface area contributed by atoms with Crippen LogP contribution in [0.1, 0.15) is 5.56 Å². The predicted molar refractivity (Wildman–Crippen MR) is 114 cm³/mol. The normalized spacial score (nSPS) is 10.6. The number of aromatic nitrogens is 2. The van der Waals surface area contributed by atoms with Crippen LogP contribution in [-0.2, 0) is 6.54 Å². The Kier molecular flexibility index (Phi) is 5.63. The highest BCUT2D eigenvalue weighted by Gasteiger charge is 2.01. The maximum Gasteiger partial charge on any atom is 0.126 e. The zero-order valence-electron chi connectivity index (χ0n) is 15.5. The highest BCUT2D eigenvalue weighted by atomic mass is 16.5. The Hall–Kier alpha value is -3.60. The van der Waals surface area contributed by atoms with Crippen molar-refractivity contribution >= 4 is 22.4 Å². The first-order valence-electron chi connectivity index (χ1n) is 9.32. The van der Waals surface area contributed by atoms with Gasteiger partial charge < -0.3 is 15.4 Å². The van der Waals surface area contributed by atoms with Gasteiger partial charge in [-0.2, -0.15) is 0 Å². The van der Waals surface area contributed by atoms with Crippen molar-refractivity contribution in [3.63, 3.8) is 0 Å². The Bertz CT molecular complexity index is 1020. The third-order valence-electron chi connectivity index (χ3n) is 4.33. The van der Waals surface area contributed by atoms with Gasteiger partial charge in [-0.25, -0.2) is 4.98 Å². The maximum atomic E-state index is 5.69. The zero-order valence-corrected chi connectivity index (χ0v) is 15.5. The first-order chi connectivity index (χ1) is 13.9. The van der Waals surface area contributed by atoms with E-state index in [1.54, 1.807) is 6.20 Å². The van der Waals surface area contributed by atoms with Crippen LogP contribution in [0.4, 0.5) is 11.5 Å². The molecule has 2 heterocycles. The largest absolute Gasteiger partial charge is 0.492 e. The van der Waals surface area contributed by atoms with Gasteiger partial charge in [-0.05, 0) is 54.1 Å². The lowest BCUT2D eigenvalue weighted by atomic mass is 10.2. The fourth-order valence-electron chi connectivity index (χ4n) is 2.91. The number of fused-ring (bicyclic) bond motifs is 1. The number of anilines is 2. The van der Waals surface area contributed by atoms with Gasteiger partial charge in [-0.15, -0.1) is 0 Å². The molecule has 2 aromatic heterocycles. The van der Waals surface area contributed by atoms with Crippen molar-refractivity contribution < 1.29 is 4.74 Å². The van der Waals surface area contributed by atoms with Crippen molar-refractivity contribution in [2.75, 3.05) is 23.8 Å². The second-order valence-electron chi connectivity index (χ2n) is 6.41. The molecule has 0 unspecified atom stereocenters. The summed E-state index contributed by atoms with van der Waals surface area (Å²) in [6.07, 6.45) is 3.65. The lowest BCUT2D eigenvalue weighted by molar-refractivity contribution is 0.333. The summed E-state index contributed by atoms with van der Waals surface area (Å²) < 4.78 is 5.69. The van der Waals surface area contributed by atoms with Crippen LogP contribution in [-0.4, -0.2) is 23.1 Å². The standard InChI is InChI=1S/C23H22N4O/c1-2-6-21(7-3-1)28-14-13-25-23-11-8-19-15-20(9-10-22(19)27-23)26-17-18-5-4-12-24-16-18/h1-12,15-16,26H,13-14,17H2,(H,25,27). The van der Waals surface area contributed by atoms with Crippen molar-refractivity contribution in [2.45, 2.75) is 6.54 Å². The van der Waals surface area contributed by atoms with E-state index in [0.29, 0.717) is 13.2 Å². The van der Waals surface area contributed by atoms with Gasteiger partial charge in [0.15, 0.2) is 0 Å². The van der Waals surface area contributed by atoms with E-state index in [1.165, 1.54) is 0 Å². The Balaban J connectivity index is 1.32. The number of nitrogens with one attached hydrogen (secondary N) is 2. The fraction of sp³-hybridized carbons (Fsp3) is 0.130. The number of hydrogen-bond acceptors (Lipinski definition) is 5. The van der Waals surface area contributed by atoms with E-state index < -0.39 is 0 Å². The van der Waals surface area contributed by atoms with Crippen LogP contribution in [0.3, 0.4) is 0 Å². The molecule has 0 fully saturated rings. The number of hydrogen-bond donors (Lipinski definition) is 2. The molecule has 0 aliphatic heterocycles. The van der Waals surface area contributed by atoms with E-state index in [-0.39, 0.29) is 0 Å². The van der Waals surface area contributed by atoms with Gasteiger partial charge in [0.1, 0.15) is 18.2 Å². The lowest BCUT2D eigenvalue weighted by Gasteiger charge is -2.10. The Labute approximate surface area is 164 Å². The van der Waals surface area contributed by atoms with Crippen molar-refractivity contribution in [3.05, 3.63) is 90.8 Å². The van der Waals surface area contributed by atoms with Crippen LogP contribution in [0, 0.1) is 0 Å². The maximum absolute atomic E-state index is 5.69. The second kappa shape index (κ2) is 8.86. The molecule has 0 atom stereocenters. The fourth-order valence-corrected chi connectivity index (χ4v) is 2.91. The molecule has 0 saturated carbocycles. The topological polar surface area (TPSA) is 59.1 Å². The molecule has 4 aromatic rings. The van der Waals surface area contributed by atoms with Gasteiger partial charge in [0.25, 0.3) is 0 Å². The number of para-hydroxylation sites is 1. The van der Waals surface area contributed by atoms with Gasteiger partial charge in [0.2, 0.25) is 0 Å². The number of nitrogens with zero attached hydrogens (tertiary/aromatic N) is 2. The zero-order chi connectivity index (χ0) is 19.0. The molecule has 0 radical (unpaired) electrons. The molecule has 0 aliphatic rings. The molecule has 0 amide bonds. The molecule has 2 aromatic carbocycles. The van der Waals surface area contributed by atoms with Crippen molar-refractivity contribution in [1.82, 2.24) is 9.97 Å². The summed E-state index contributed by atoms with van der Waals surface area (Å²) in [5.41, 5.74) is 3.18. The molecular formula is C23H22N4O. The monoisotopic (exact) mass is 370 g/mol. The second-order valence-corrected chi connectivity index (χ2v) is 6.41. The average Bonchev–Trinajstić information content (AvgIpc) is 2.76. The van der Waals surface area contributed by atoms with Crippen LogP contribution in [0.2, 0.25) is 0 Å². The van der Waals surface area contributed by atoms with Gasteiger partial charge >= 0.3 is 0 Å². The quantitative estimate of drug-likeness (QED) is 0.439. The predicted octanol–water partition coefficient (Wildman–Crippen LogP) is 4.73. The van der Waals surface area contributed by atoms with Gasteiger partial charge in [-0.3, -0.25) is 4.98 Å². The van der Waals surface area contributed by atoms with E-state index >= 15 is 0 Å². The molecule has 140 valence electrons. The van der Waals surface area contributed by atoms with Crippen LogP contribution in [0.5, 0.6) is 5.75 Å². The minimum absolute atomic E-state index is 0.584. The molecule has 0 saturated heterocycles. The van der Waals surface area contributed by atoms with Gasteiger partial charge in [0, 0.05) is 30.0 Å². The number of ether oxygens (including phenoxy) is 1. The average molecular weight is 370 g/mol. The number of rotatable bonds is 8. The summed E-state index contributed by atoms with van der Waals surface area (Å²) in [6, 6.07) is 24.1. The smallest absolute Gasteiger partial charge is 0.126 e. The first kappa shape index (κ1) is 17.8. The van der Waals surface area contributed by atoms with E-state index in [4.69, 9.17) is 4.74 Å². The molecule has 28 heavy (non-hydrogen) atoms. The molecule has 0 bridgehead atoms. The van der Waals surface area contributed by atoms with Crippen molar-refractivity contribution in [1.29, 1.82) is 0 Å². The summed E-state index contributed by atoms with van der Waals surface area (Å²) in [5.74, 6) is 1.72. The molecule has 5 heteroatoms. The third-order valence-corrected chi connectivity index (χ3v) is 4.33. The van der Waals surface area contributed by atoms with Crippen LogP contribution in [0.25, 0.3) is 10.9 Å². The first-order valence-corrected chi connectivity index (χ1v) is 9.32. The van der Waals surface area contributed by atoms with E-state index in [1.807, 2.05) is 60.8 Å². The summed E-state index contributed by atoms with van der Waals surface area (Å²) >= 11 is 0. The summed E-state index contributed by atoms with van der Waals surface area (Å²) in [4.78, 5) is 8.81. The van der Waals surface area contributed by atoms with Crippen LogP contribution >= 0.6 is 0 Å². The summed E-state index contributed by atoms with van der Waals surface area (Å²) in [7, 11) is 0. The van der Waals surface area contributed by atoms with Gasteiger partial charge in [0.05, 0.1) is 12.1 Å². The Morgan fingerprint density at radius 3 is 2.64 bits per heavy atom. The van der Waals surface area contributed by atoms with Crippen molar-refractivity contribution in [2.24, 2.45) is 0 Å². The Morgan fingerprint density at radius 1 is 0.857 bits per heavy atom.